The van der Waals surface area contributed by atoms with Gasteiger partial charge in [-0.2, -0.15) is 0 Å². The Labute approximate surface area is 102 Å². The zero-order valence-electron chi connectivity index (χ0n) is 10.5. The highest BCUT2D eigenvalue weighted by atomic mass is 15.1. The molecule has 0 bridgehead atoms. The van der Waals surface area contributed by atoms with Crippen LogP contribution in [0.25, 0.3) is 5.69 Å². The summed E-state index contributed by atoms with van der Waals surface area (Å²) >= 11 is 0. The summed E-state index contributed by atoms with van der Waals surface area (Å²) in [5, 5.41) is 0. The highest BCUT2D eigenvalue weighted by Crippen LogP contribution is 2.18. The van der Waals surface area contributed by atoms with E-state index in [0.717, 1.165) is 18.7 Å². The molecule has 0 saturated carbocycles. The van der Waals surface area contributed by atoms with E-state index in [1.165, 1.54) is 16.8 Å². The molecule has 0 aliphatic carbocycles. The number of aromatic nitrogens is 2. The van der Waals surface area contributed by atoms with E-state index in [2.05, 4.69) is 41.6 Å². The summed E-state index contributed by atoms with van der Waals surface area (Å²) in [7, 11) is 0. The third kappa shape index (κ3) is 2.39. The van der Waals surface area contributed by atoms with Crippen molar-refractivity contribution in [1.82, 2.24) is 9.55 Å². The van der Waals surface area contributed by atoms with Crippen LogP contribution in [0.3, 0.4) is 0 Å². The fourth-order valence-electron chi connectivity index (χ4n) is 2.05. The molecule has 2 aromatic rings. The van der Waals surface area contributed by atoms with Crippen molar-refractivity contribution in [3.8, 4) is 5.69 Å². The minimum atomic E-state index is 0.688. The third-order valence-electron chi connectivity index (χ3n) is 3.00. The second kappa shape index (κ2) is 5.15. The van der Waals surface area contributed by atoms with Crippen molar-refractivity contribution < 1.29 is 0 Å². The van der Waals surface area contributed by atoms with E-state index in [9.17, 15) is 0 Å². The molecule has 3 nitrogen and oxygen atoms in total. The Morgan fingerprint density at radius 3 is 2.88 bits per heavy atom. The molecule has 0 aliphatic rings. The summed E-state index contributed by atoms with van der Waals surface area (Å²) < 4.78 is 2.16. The minimum absolute atomic E-state index is 0.688. The van der Waals surface area contributed by atoms with Gasteiger partial charge in [-0.1, -0.05) is 19.1 Å². The third-order valence-corrected chi connectivity index (χ3v) is 3.00. The average molecular weight is 229 g/mol. The van der Waals surface area contributed by atoms with Gasteiger partial charge in [-0.15, -0.1) is 0 Å². The van der Waals surface area contributed by atoms with Gasteiger partial charge in [0, 0.05) is 24.5 Å². The van der Waals surface area contributed by atoms with Gasteiger partial charge in [-0.25, -0.2) is 4.98 Å². The van der Waals surface area contributed by atoms with Crippen LogP contribution in [0.1, 0.15) is 23.9 Å². The Hall–Kier alpha value is -1.61. The molecule has 3 heteroatoms. The van der Waals surface area contributed by atoms with Crippen LogP contribution in [0.2, 0.25) is 0 Å². The predicted molar refractivity (Wildman–Crippen MR) is 70.4 cm³/mol. The molecule has 1 aromatic carbocycles. The zero-order valence-corrected chi connectivity index (χ0v) is 10.5. The quantitative estimate of drug-likeness (QED) is 0.873. The van der Waals surface area contributed by atoms with Gasteiger partial charge in [0.25, 0.3) is 0 Å². The van der Waals surface area contributed by atoms with Crippen LogP contribution in [-0.4, -0.2) is 16.1 Å². The van der Waals surface area contributed by atoms with Gasteiger partial charge in [-0.05, 0) is 37.1 Å². The topological polar surface area (TPSA) is 43.8 Å². The Morgan fingerprint density at radius 2 is 2.18 bits per heavy atom. The second-order valence-corrected chi connectivity index (χ2v) is 4.23. The van der Waals surface area contributed by atoms with Gasteiger partial charge in [-0.3, -0.25) is 0 Å². The second-order valence-electron chi connectivity index (χ2n) is 4.23. The van der Waals surface area contributed by atoms with Crippen LogP contribution in [0.15, 0.2) is 30.6 Å². The van der Waals surface area contributed by atoms with Crippen molar-refractivity contribution in [3.05, 3.63) is 47.5 Å². The molecule has 17 heavy (non-hydrogen) atoms. The molecule has 1 aromatic heterocycles. The molecule has 2 N–H and O–H groups in total. The van der Waals surface area contributed by atoms with Crippen LogP contribution in [-0.2, 0) is 12.8 Å². The predicted octanol–water partition coefficient (Wildman–Crippen LogP) is 2.24. The van der Waals surface area contributed by atoms with Crippen molar-refractivity contribution in [2.75, 3.05) is 6.54 Å². The van der Waals surface area contributed by atoms with E-state index < -0.39 is 0 Å². The lowest BCUT2D eigenvalue weighted by molar-refractivity contribution is 0.880. The zero-order chi connectivity index (χ0) is 12.3. The summed E-state index contributed by atoms with van der Waals surface area (Å²) in [4.78, 5) is 4.37. The maximum Gasteiger partial charge on any atom is 0.112 e. The lowest BCUT2D eigenvalue weighted by atomic mass is 10.1. The van der Waals surface area contributed by atoms with Crippen LogP contribution in [0.5, 0.6) is 0 Å². The Balaban J connectivity index is 2.46. The van der Waals surface area contributed by atoms with Gasteiger partial charge >= 0.3 is 0 Å². The van der Waals surface area contributed by atoms with E-state index in [0.29, 0.717) is 6.54 Å². The summed E-state index contributed by atoms with van der Waals surface area (Å²) in [6.45, 7) is 4.94. The number of nitrogens with zero attached hydrogens (tertiary/aromatic N) is 2. The summed E-state index contributed by atoms with van der Waals surface area (Å²) in [5.41, 5.74) is 9.36. The first kappa shape index (κ1) is 11.9. The molecule has 0 radical (unpaired) electrons. The lowest BCUT2D eigenvalue weighted by Crippen LogP contribution is -2.05. The fourth-order valence-corrected chi connectivity index (χ4v) is 2.05. The number of nitrogens with two attached hydrogens (primary N) is 1. The van der Waals surface area contributed by atoms with Crippen LogP contribution in [0, 0.1) is 6.92 Å². The van der Waals surface area contributed by atoms with E-state index in [1.807, 2.05) is 12.4 Å². The van der Waals surface area contributed by atoms with Crippen molar-refractivity contribution >= 4 is 0 Å². The van der Waals surface area contributed by atoms with E-state index >= 15 is 0 Å². The molecule has 0 amide bonds. The van der Waals surface area contributed by atoms with Gasteiger partial charge in [0.15, 0.2) is 0 Å². The standard InChI is InChI=1S/C14H19N3/c1-3-14-16-8-9-17(14)13-10-12(6-7-15)5-4-11(13)2/h4-5,8-10H,3,6-7,15H2,1-2H3. The molecule has 90 valence electrons. The lowest BCUT2D eigenvalue weighted by Gasteiger charge is -2.11. The number of hydrogen-bond donors (Lipinski definition) is 1. The van der Waals surface area contributed by atoms with E-state index in [1.54, 1.807) is 0 Å². The van der Waals surface area contributed by atoms with Crippen molar-refractivity contribution in [2.24, 2.45) is 5.73 Å². The van der Waals surface area contributed by atoms with Crippen LogP contribution in [0.4, 0.5) is 0 Å². The molecule has 0 aliphatic heterocycles. The summed E-state index contributed by atoms with van der Waals surface area (Å²) in [5.74, 6) is 1.10. The average Bonchev–Trinajstić information content (AvgIpc) is 2.80. The first-order chi connectivity index (χ1) is 8.26. The normalized spacial score (nSPS) is 10.8. The van der Waals surface area contributed by atoms with Gasteiger partial charge < -0.3 is 10.3 Å². The van der Waals surface area contributed by atoms with Gasteiger partial charge in [0.05, 0.1) is 0 Å². The van der Waals surface area contributed by atoms with Crippen LogP contribution >= 0.6 is 0 Å². The first-order valence-corrected chi connectivity index (χ1v) is 6.08. The fraction of sp³-hybridized carbons (Fsp3) is 0.357. The number of benzene rings is 1. The molecule has 0 fully saturated rings. The molecule has 2 rings (SSSR count). The Bertz CT molecular complexity index is 500. The highest BCUT2D eigenvalue weighted by molar-refractivity contribution is 5.44. The molecule has 0 saturated heterocycles. The molecular weight excluding hydrogens is 210 g/mol. The molecule has 0 unspecified atom stereocenters. The summed E-state index contributed by atoms with van der Waals surface area (Å²) in [6.07, 6.45) is 5.73. The van der Waals surface area contributed by atoms with E-state index in [4.69, 9.17) is 5.73 Å². The van der Waals surface area contributed by atoms with Gasteiger partial charge in [0.2, 0.25) is 0 Å². The summed E-state index contributed by atoms with van der Waals surface area (Å²) in [6, 6.07) is 6.51. The molecule has 0 spiro atoms. The highest BCUT2D eigenvalue weighted by Gasteiger charge is 2.06. The SMILES string of the molecule is CCc1nccn1-c1cc(CCN)ccc1C. The number of rotatable bonds is 4. The minimum Gasteiger partial charge on any atom is -0.330 e. The largest absolute Gasteiger partial charge is 0.330 e. The van der Waals surface area contributed by atoms with Crippen molar-refractivity contribution in [1.29, 1.82) is 0 Å². The first-order valence-electron chi connectivity index (χ1n) is 6.08. The van der Waals surface area contributed by atoms with Gasteiger partial charge in [0.1, 0.15) is 5.82 Å². The van der Waals surface area contributed by atoms with Crippen molar-refractivity contribution in [3.63, 3.8) is 0 Å². The van der Waals surface area contributed by atoms with E-state index in [-0.39, 0.29) is 0 Å². The Morgan fingerprint density at radius 1 is 1.35 bits per heavy atom. The smallest absolute Gasteiger partial charge is 0.112 e. The molecular formula is C14H19N3. The van der Waals surface area contributed by atoms with Crippen molar-refractivity contribution in [2.45, 2.75) is 26.7 Å². The Kier molecular flexibility index (Phi) is 3.59. The maximum atomic E-state index is 5.60. The number of imidazole rings is 1. The number of hydrogen-bond acceptors (Lipinski definition) is 2. The maximum absolute atomic E-state index is 5.60. The number of aryl methyl sites for hydroxylation is 2. The molecule has 0 atom stereocenters. The monoisotopic (exact) mass is 229 g/mol. The molecule has 1 heterocycles. The van der Waals surface area contributed by atoms with Crippen LogP contribution < -0.4 is 5.73 Å².